The van der Waals surface area contributed by atoms with E-state index in [1.165, 1.54) is 397 Å². The van der Waals surface area contributed by atoms with E-state index in [1.54, 1.807) is 11.1 Å². The first kappa shape index (κ1) is 98.9. The molecule has 0 saturated heterocycles. The minimum absolute atomic E-state index is 1.13. The molecule has 0 aliphatic rings. The summed E-state index contributed by atoms with van der Waals surface area (Å²) in [4.78, 5) is 40.2. The molecule has 0 spiro atoms. The van der Waals surface area contributed by atoms with Gasteiger partial charge in [0, 0.05) is 137 Å². The number of unbranched alkanes of at least 4 members (excludes halogenated alkanes) is 24. The zero-order valence-corrected chi connectivity index (χ0v) is 92.3. The third-order valence-corrected chi connectivity index (χ3v) is 48.5. The summed E-state index contributed by atoms with van der Waals surface area (Å²) < 4.78 is 2.85. The van der Waals surface area contributed by atoms with Gasteiger partial charge < -0.3 is 0 Å². The summed E-state index contributed by atoms with van der Waals surface area (Å²) in [6, 6.07) is 59.3. The van der Waals surface area contributed by atoms with Crippen LogP contribution in [0.1, 0.15) is 305 Å². The molecule has 18 heteroatoms. The molecule has 16 rings (SSSR count). The topological polar surface area (TPSA) is 0 Å². The van der Waals surface area contributed by atoms with Crippen molar-refractivity contribution in [2.45, 2.75) is 321 Å². The average Bonchev–Trinajstić information content (AvgIpc) is 1.62. The highest BCUT2D eigenvalue weighted by atomic mass is 33.1. The first-order chi connectivity index (χ1) is 64.1. The first-order valence-electron chi connectivity index (χ1n) is 49.1. The number of thiophene rings is 16. The SMILES string of the molecule is CCCCCCc1ccsc1-c1ccc(-c2ccc(-c3sc(-c4cc(CCCCCC)c(-c5ccc(-c6ccc(-c7sc(SSc8cc(CCCCCC)c(-c9ccc(-c%10ccc(-c%11sc(-c%12cc(CCCCCC)c(-c%13ccc(-c%14ccc(-c%15sccc%15CCCCCC)s%14)s%13)s%12)cc%11CCCCCC)s%10)s9)s8)cc7CCCCCC)s6)s5)s4)cc3CCCCCC)s2)s1. The van der Waals surface area contributed by atoms with Gasteiger partial charge in [0.2, 0.25) is 0 Å². The standard InChI is InChI=1S/C112H130S18/c1-9-17-25-33-41-75-65-67-113-105(75)91-57-49-83(115-91)85-51-59-93(117-85)107-77(43-35-27-19-11-3)69-99(123-107)101-71-79(45-37-29-21-13-5)109(125-101)95-61-53-87(119-95)89-55-63-97(121-89)111-81(47-39-31-23-15-7)73-103(127-111)129-130-104-74-82(48-40-32-24-16-8)112(128-104)98-64-56-90(122-98)88-54-62-96(120-88)110-80(46-38-30-22-14-6)72-102(126-110)100-70-78(44-36-28-20-12-4)108(124-100)94-60-52-86(118-94)84-50-58-92(116-84)106-76(66-68-114-106)42-34-26-18-10-2/h49-74H,9-48H2,1-8H3. The lowest BCUT2D eigenvalue weighted by atomic mass is 10.0. The molecule has 0 bridgehead atoms. The van der Waals surface area contributed by atoms with Gasteiger partial charge in [-0.15, -0.1) is 181 Å². The highest BCUT2D eigenvalue weighted by Crippen LogP contribution is 2.57. The predicted molar refractivity (Wildman–Crippen MR) is 610 cm³/mol. The molecular weight excluding hydrogens is 1920 g/mol. The second-order valence-corrected chi connectivity index (χ2v) is 54.8. The van der Waals surface area contributed by atoms with Crippen LogP contribution in [0, 0.1) is 0 Å². The van der Waals surface area contributed by atoms with E-state index in [2.05, 4.69) is 257 Å². The summed E-state index contributed by atoms with van der Waals surface area (Å²) in [5.41, 5.74) is 12.3. The molecule has 16 heterocycles. The summed E-state index contributed by atoms with van der Waals surface area (Å²) in [7, 11) is 4.00. The van der Waals surface area contributed by atoms with Crippen LogP contribution in [-0.4, -0.2) is 0 Å². The Morgan fingerprint density at radius 1 is 0.154 bits per heavy atom. The van der Waals surface area contributed by atoms with Crippen LogP contribution in [0.4, 0.5) is 0 Å². The van der Waals surface area contributed by atoms with Gasteiger partial charge in [-0.2, -0.15) is 0 Å². The molecule has 0 nitrogen and oxygen atoms in total. The molecule has 0 unspecified atom stereocenters. The van der Waals surface area contributed by atoms with Crippen molar-refractivity contribution in [3.05, 3.63) is 201 Å². The van der Waals surface area contributed by atoms with Crippen molar-refractivity contribution in [1.82, 2.24) is 0 Å². The molecule has 0 aliphatic heterocycles. The van der Waals surface area contributed by atoms with Crippen molar-refractivity contribution in [3.63, 3.8) is 0 Å². The Hall–Kier alpha value is -4.10. The van der Waals surface area contributed by atoms with Crippen LogP contribution in [0.15, 0.2) is 165 Å². The summed E-state index contributed by atoms with van der Waals surface area (Å²) in [5.74, 6) is 0. The molecule has 130 heavy (non-hydrogen) atoms. The Morgan fingerprint density at radius 3 is 0.538 bits per heavy atom. The molecule has 16 aromatic rings. The Kier molecular flexibility index (Phi) is 38.8. The molecule has 0 aliphatic carbocycles. The van der Waals surface area contributed by atoms with Crippen LogP contribution in [0.5, 0.6) is 0 Å². The average molecular weight is 2050 g/mol. The van der Waals surface area contributed by atoms with E-state index in [-0.39, 0.29) is 0 Å². The van der Waals surface area contributed by atoms with Crippen LogP contribution in [0.25, 0.3) is 137 Å². The molecule has 0 N–H and O–H groups in total. The van der Waals surface area contributed by atoms with Crippen LogP contribution >= 0.6 is 203 Å². The normalized spacial score (nSPS) is 11.9. The smallest absolute Gasteiger partial charge is 0.0719 e. The maximum absolute atomic E-state index is 2.61. The quantitative estimate of drug-likeness (QED) is 0.0275. The molecule has 0 fully saturated rings. The van der Waals surface area contributed by atoms with Crippen LogP contribution in [0.3, 0.4) is 0 Å². The molecule has 686 valence electrons. The summed E-state index contributed by atoms with van der Waals surface area (Å²) >= 11 is 32.2. The van der Waals surface area contributed by atoms with Gasteiger partial charge in [-0.25, -0.2) is 0 Å². The van der Waals surface area contributed by atoms with E-state index < -0.39 is 0 Å². The second-order valence-electron chi connectivity index (χ2n) is 35.2. The maximum atomic E-state index is 2.61. The Bertz CT molecular complexity index is 5710. The highest BCUT2D eigenvalue weighted by Gasteiger charge is 2.27. The third-order valence-electron chi connectivity index (χ3n) is 25.0. The fraction of sp³-hybridized carbons (Fsp3) is 0.429. The fourth-order valence-electron chi connectivity index (χ4n) is 17.7. The van der Waals surface area contributed by atoms with Crippen LogP contribution in [-0.2, 0) is 51.4 Å². The van der Waals surface area contributed by atoms with Gasteiger partial charge in [0.1, 0.15) is 0 Å². The molecule has 0 atom stereocenters. The molecule has 0 amide bonds. The molecular formula is C112H130S18. The number of hydrogen-bond acceptors (Lipinski definition) is 18. The lowest BCUT2D eigenvalue weighted by Crippen LogP contribution is -1.85. The molecule has 0 saturated carbocycles. The van der Waals surface area contributed by atoms with Crippen molar-refractivity contribution in [3.8, 4) is 137 Å². The van der Waals surface area contributed by atoms with Gasteiger partial charge in [-0.3, -0.25) is 0 Å². The molecule has 0 radical (unpaired) electrons. The Morgan fingerprint density at radius 2 is 0.331 bits per heavy atom. The largest absolute Gasteiger partial charge is 0.143 e. The van der Waals surface area contributed by atoms with E-state index in [4.69, 9.17) is 0 Å². The molecule has 0 aromatic carbocycles. The summed E-state index contributed by atoms with van der Waals surface area (Å²) in [6.45, 7) is 18.7. The zero-order valence-electron chi connectivity index (χ0n) is 77.6. The summed E-state index contributed by atoms with van der Waals surface area (Å²) in [6.07, 6.45) is 50.2. The van der Waals surface area contributed by atoms with Crippen molar-refractivity contribution >= 4 is 203 Å². The molecule has 16 aromatic heterocycles. The fourth-order valence-corrected chi connectivity index (χ4v) is 39.4. The third kappa shape index (κ3) is 25.9. The first-order valence-corrected chi connectivity index (χ1v) is 64.5. The van der Waals surface area contributed by atoms with Crippen molar-refractivity contribution in [1.29, 1.82) is 0 Å². The van der Waals surface area contributed by atoms with E-state index >= 15 is 0 Å². The van der Waals surface area contributed by atoms with E-state index in [1.807, 2.05) is 158 Å². The van der Waals surface area contributed by atoms with E-state index in [9.17, 15) is 0 Å². The lowest BCUT2D eigenvalue weighted by molar-refractivity contribution is 0.667. The summed E-state index contributed by atoms with van der Waals surface area (Å²) in [5, 5.41) is 4.62. The monoisotopic (exact) mass is 2050 g/mol. The van der Waals surface area contributed by atoms with Gasteiger partial charge in [0.15, 0.2) is 0 Å². The zero-order chi connectivity index (χ0) is 89.3. The van der Waals surface area contributed by atoms with Crippen LogP contribution < -0.4 is 0 Å². The van der Waals surface area contributed by atoms with Gasteiger partial charge in [-0.05, 0) is 325 Å². The van der Waals surface area contributed by atoms with Gasteiger partial charge in [0.05, 0.1) is 8.42 Å². The van der Waals surface area contributed by atoms with Crippen molar-refractivity contribution in [2.24, 2.45) is 0 Å². The highest BCUT2D eigenvalue weighted by molar-refractivity contribution is 8.77. The van der Waals surface area contributed by atoms with Gasteiger partial charge >= 0.3 is 0 Å². The van der Waals surface area contributed by atoms with E-state index in [0.717, 1.165) is 38.5 Å². The van der Waals surface area contributed by atoms with E-state index in [0.29, 0.717) is 0 Å². The number of hydrogen-bond donors (Lipinski definition) is 0. The van der Waals surface area contributed by atoms with Gasteiger partial charge in [0.25, 0.3) is 0 Å². The minimum atomic E-state index is 1.13. The number of aryl methyl sites for hydroxylation is 8. The Labute approximate surface area is 851 Å². The Balaban J connectivity index is 0.622. The minimum Gasteiger partial charge on any atom is -0.143 e. The van der Waals surface area contributed by atoms with Crippen molar-refractivity contribution in [2.75, 3.05) is 0 Å². The maximum Gasteiger partial charge on any atom is 0.0719 e. The predicted octanol–water partition coefficient (Wildman–Crippen LogP) is 45.8. The second kappa shape index (κ2) is 51.0. The van der Waals surface area contributed by atoms with Gasteiger partial charge in [-0.1, -0.05) is 209 Å². The number of rotatable bonds is 57. The van der Waals surface area contributed by atoms with Crippen molar-refractivity contribution < 1.29 is 0 Å². The van der Waals surface area contributed by atoms with Crippen LogP contribution in [0.2, 0.25) is 0 Å². The lowest BCUT2D eigenvalue weighted by Gasteiger charge is -2.02.